The minimum Gasteiger partial charge on any atom is -0.334 e. The van der Waals surface area contributed by atoms with Crippen LogP contribution in [0.5, 0.6) is 0 Å². The predicted octanol–water partition coefficient (Wildman–Crippen LogP) is 3.42. The molecule has 2 rings (SSSR count). The van der Waals surface area contributed by atoms with Crippen molar-refractivity contribution in [1.82, 2.24) is 14.9 Å². The van der Waals surface area contributed by atoms with Crippen LogP contribution in [0.4, 0.5) is 9.18 Å². The molecule has 0 spiro atoms. The van der Waals surface area contributed by atoms with Crippen LogP contribution in [-0.4, -0.2) is 31.8 Å². The summed E-state index contributed by atoms with van der Waals surface area (Å²) < 4.78 is 39.3. The monoisotopic (exact) mass is 407 g/mol. The van der Waals surface area contributed by atoms with Gasteiger partial charge in [0.05, 0.1) is 10.9 Å². The summed E-state index contributed by atoms with van der Waals surface area (Å²) in [7, 11) is -3.50. The maximum absolute atomic E-state index is 12.9. The molecule has 2 N–H and O–H groups in total. The Morgan fingerprint density at radius 3 is 2.14 bits per heavy atom. The maximum Gasteiger partial charge on any atom is 0.315 e. The molecule has 0 aliphatic heterocycles. The van der Waals surface area contributed by atoms with Gasteiger partial charge in [-0.05, 0) is 42.3 Å². The van der Waals surface area contributed by atoms with E-state index in [4.69, 9.17) is 0 Å². The number of benzene rings is 2. The van der Waals surface area contributed by atoms with Crippen LogP contribution in [0, 0.1) is 5.82 Å². The second kappa shape index (κ2) is 9.66. The summed E-state index contributed by atoms with van der Waals surface area (Å²) in [6.45, 7) is 6.50. The molecular weight excluding hydrogens is 381 g/mol. The molecular formula is C20H26FN3O3S. The number of nitrogens with one attached hydrogen (secondary N) is 2. The van der Waals surface area contributed by atoms with E-state index in [0.29, 0.717) is 13.1 Å². The molecule has 0 radical (unpaired) electrons. The average Bonchev–Trinajstić information content (AvgIpc) is 2.68. The van der Waals surface area contributed by atoms with Crippen molar-refractivity contribution in [3.05, 3.63) is 65.5 Å². The average molecular weight is 408 g/mol. The summed E-state index contributed by atoms with van der Waals surface area (Å²) in [6, 6.07) is 11.7. The molecule has 152 valence electrons. The first-order valence-corrected chi connectivity index (χ1v) is 10.6. The molecule has 0 heterocycles. The van der Waals surface area contributed by atoms with Crippen LogP contribution in [0.3, 0.4) is 0 Å². The molecule has 28 heavy (non-hydrogen) atoms. The lowest BCUT2D eigenvalue weighted by Crippen LogP contribution is -2.36. The Balaban J connectivity index is 1.95. The third-order valence-corrected chi connectivity index (χ3v) is 6.50. The first-order chi connectivity index (χ1) is 13.3. The van der Waals surface area contributed by atoms with E-state index < -0.39 is 10.0 Å². The van der Waals surface area contributed by atoms with Gasteiger partial charge in [0.1, 0.15) is 5.82 Å². The molecule has 2 aromatic carbocycles. The lowest BCUT2D eigenvalue weighted by Gasteiger charge is -2.19. The van der Waals surface area contributed by atoms with Crippen molar-refractivity contribution >= 4 is 16.1 Å². The van der Waals surface area contributed by atoms with Crippen molar-refractivity contribution < 1.29 is 17.6 Å². The van der Waals surface area contributed by atoms with E-state index in [0.717, 1.165) is 11.1 Å². The van der Waals surface area contributed by atoms with Gasteiger partial charge < -0.3 is 10.6 Å². The lowest BCUT2D eigenvalue weighted by molar-refractivity contribution is 0.237. The van der Waals surface area contributed by atoms with Crippen molar-refractivity contribution in [3.63, 3.8) is 0 Å². The Morgan fingerprint density at radius 2 is 1.61 bits per heavy atom. The molecule has 0 aliphatic rings. The number of sulfonamides is 1. The molecule has 0 aliphatic carbocycles. The molecule has 1 unspecified atom stereocenters. The summed E-state index contributed by atoms with van der Waals surface area (Å²) >= 11 is 0. The van der Waals surface area contributed by atoms with E-state index in [1.807, 2.05) is 6.92 Å². The number of urea groups is 1. The van der Waals surface area contributed by atoms with Gasteiger partial charge >= 0.3 is 6.03 Å². The molecule has 0 saturated carbocycles. The molecule has 8 heteroatoms. The first kappa shape index (κ1) is 21.8. The zero-order valence-corrected chi connectivity index (χ0v) is 17.1. The predicted molar refractivity (Wildman–Crippen MR) is 107 cm³/mol. The molecule has 0 fully saturated rings. The van der Waals surface area contributed by atoms with E-state index in [-0.39, 0.29) is 29.3 Å². The van der Waals surface area contributed by atoms with Crippen LogP contribution >= 0.6 is 0 Å². The van der Waals surface area contributed by atoms with Gasteiger partial charge in [0.2, 0.25) is 10.0 Å². The summed E-state index contributed by atoms with van der Waals surface area (Å²) in [5.41, 5.74) is 1.57. The van der Waals surface area contributed by atoms with Gasteiger partial charge in [-0.15, -0.1) is 0 Å². The van der Waals surface area contributed by atoms with Gasteiger partial charge in [0.25, 0.3) is 0 Å². The van der Waals surface area contributed by atoms with Crippen molar-refractivity contribution in [2.45, 2.75) is 38.3 Å². The van der Waals surface area contributed by atoms with Gasteiger partial charge in [0, 0.05) is 19.6 Å². The topological polar surface area (TPSA) is 78.5 Å². The zero-order valence-electron chi connectivity index (χ0n) is 16.3. The number of carbonyl (C=O) groups excluding carboxylic acids is 1. The third-order valence-electron chi connectivity index (χ3n) is 4.44. The Labute approximate surface area is 165 Å². The fraction of sp³-hybridized carbons (Fsp3) is 0.350. The van der Waals surface area contributed by atoms with Gasteiger partial charge in [0.15, 0.2) is 0 Å². The van der Waals surface area contributed by atoms with E-state index in [9.17, 15) is 17.6 Å². The van der Waals surface area contributed by atoms with Crippen LogP contribution < -0.4 is 10.6 Å². The Kier molecular flexibility index (Phi) is 7.53. The Morgan fingerprint density at radius 1 is 1.04 bits per heavy atom. The normalized spacial score (nSPS) is 12.6. The van der Waals surface area contributed by atoms with Crippen LogP contribution in [0.15, 0.2) is 53.4 Å². The summed E-state index contributed by atoms with van der Waals surface area (Å²) in [5.74, 6) is -0.326. The zero-order chi connectivity index (χ0) is 20.7. The van der Waals surface area contributed by atoms with E-state index >= 15 is 0 Å². The summed E-state index contributed by atoms with van der Waals surface area (Å²) in [6.07, 6.45) is 0. The molecule has 2 aromatic rings. The fourth-order valence-corrected chi connectivity index (χ4v) is 4.21. The molecule has 1 atom stereocenters. The minimum atomic E-state index is -3.50. The molecule has 0 saturated heterocycles. The highest BCUT2D eigenvalue weighted by atomic mass is 32.2. The van der Waals surface area contributed by atoms with Crippen molar-refractivity contribution in [3.8, 4) is 0 Å². The van der Waals surface area contributed by atoms with Gasteiger partial charge in [-0.25, -0.2) is 17.6 Å². The number of carbonyl (C=O) groups is 1. The fourth-order valence-electron chi connectivity index (χ4n) is 2.76. The number of halogens is 1. The van der Waals surface area contributed by atoms with Crippen LogP contribution in [-0.2, 0) is 16.6 Å². The number of amides is 2. The SMILES string of the molecule is CCN(CC)S(=O)(=O)c1ccc(C(C)NC(=O)NCc2ccc(F)cc2)cc1. The van der Waals surface area contributed by atoms with E-state index in [1.54, 1.807) is 50.2 Å². The van der Waals surface area contributed by atoms with Gasteiger partial charge in [-0.3, -0.25) is 0 Å². The lowest BCUT2D eigenvalue weighted by atomic mass is 10.1. The van der Waals surface area contributed by atoms with Crippen LogP contribution in [0.1, 0.15) is 37.9 Å². The number of hydrogen-bond donors (Lipinski definition) is 2. The Bertz CT molecular complexity index is 880. The van der Waals surface area contributed by atoms with Crippen LogP contribution in [0.25, 0.3) is 0 Å². The second-order valence-electron chi connectivity index (χ2n) is 6.33. The highest BCUT2D eigenvalue weighted by Crippen LogP contribution is 2.19. The second-order valence-corrected chi connectivity index (χ2v) is 8.27. The number of rotatable bonds is 8. The minimum absolute atomic E-state index is 0.230. The van der Waals surface area contributed by atoms with Crippen molar-refractivity contribution in [1.29, 1.82) is 0 Å². The van der Waals surface area contributed by atoms with Gasteiger partial charge in [-0.1, -0.05) is 38.1 Å². The molecule has 6 nitrogen and oxygen atoms in total. The standard InChI is InChI=1S/C20H26FN3O3S/c1-4-24(5-2)28(26,27)19-12-8-17(9-13-19)15(3)23-20(25)22-14-16-6-10-18(21)11-7-16/h6-13,15H,4-5,14H2,1-3H3,(H2,22,23,25). The Hall–Kier alpha value is -2.45. The first-order valence-electron chi connectivity index (χ1n) is 9.16. The quantitative estimate of drug-likeness (QED) is 0.704. The van der Waals surface area contributed by atoms with Crippen molar-refractivity contribution in [2.24, 2.45) is 0 Å². The van der Waals surface area contributed by atoms with E-state index in [2.05, 4.69) is 10.6 Å². The third kappa shape index (κ3) is 5.53. The molecule has 0 aromatic heterocycles. The maximum atomic E-state index is 12.9. The highest BCUT2D eigenvalue weighted by Gasteiger charge is 2.21. The van der Waals surface area contributed by atoms with E-state index in [1.165, 1.54) is 16.4 Å². The highest BCUT2D eigenvalue weighted by molar-refractivity contribution is 7.89. The largest absolute Gasteiger partial charge is 0.334 e. The smallest absolute Gasteiger partial charge is 0.315 e. The summed E-state index contributed by atoms with van der Waals surface area (Å²) in [5, 5.41) is 5.51. The molecule has 2 amide bonds. The van der Waals surface area contributed by atoms with Crippen molar-refractivity contribution in [2.75, 3.05) is 13.1 Å². The van der Waals surface area contributed by atoms with Crippen LogP contribution in [0.2, 0.25) is 0 Å². The van der Waals surface area contributed by atoms with Gasteiger partial charge in [-0.2, -0.15) is 4.31 Å². The number of hydrogen-bond acceptors (Lipinski definition) is 3. The summed E-state index contributed by atoms with van der Waals surface area (Å²) in [4.78, 5) is 12.3. The molecule has 0 bridgehead atoms. The number of nitrogens with zero attached hydrogens (tertiary/aromatic N) is 1.